The van der Waals surface area contributed by atoms with E-state index in [1.165, 1.54) is 0 Å². The van der Waals surface area contributed by atoms with Crippen LogP contribution in [0.2, 0.25) is 0 Å². The van der Waals surface area contributed by atoms with Crippen LogP contribution in [0.1, 0.15) is 13.8 Å². The van der Waals surface area contributed by atoms with Crippen molar-refractivity contribution in [2.75, 3.05) is 13.2 Å². The lowest BCUT2D eigenvalue weighted by Gasteiger charge is -1.86. The second kappa shape index (κ2) is 10.2. The Morgan fingerprint density at radius 2 is 0.933 bits per heavy atom. The maximum atomic E-state index is 8.74. The molecular formula is C4H14O9S2. The summed E-state index contributed by atoms with van der Waals surface area (Å²) in [4.78, 5) is 0. The van der Waals surface area contributed by atoms with Gasteiger partial charge in [-0.25, -0.2) is 0 Å². The Bertz CT molecular complexity index is 253. The van der Waals surface area contributed by atoms with Crippen LogP contribution in [0.5, 0.6) is 0 Å². The first-order valence-electron chi connectivity index (χ1n) is 3.39. The average molecular weight is 270 g/mol. The molecule has 0 radical (unpaired) electrons. The normalized spacial score (nSPS) is 10.5. The molecular weight excluding hydrogens is 256 g/mol. The molecule has 0 saturated heterocycles. The fraction of sp³-hybridized carbons (Fsp3) is 1.00. The summed E-state index contributed by atoms with van der Waals surface area (Å²) in [6.45, 7) is 5.67. The minimum absolute atomic E-state index is 0.844. The third-order valence-electron chi connectivity index (χ3n) is 0.408. The van der Waals surface area contributed by atoms with Crippen LogP contribution in [0, 0.1) is 0 Å². The van der Waals surface area contributed by atoms with Crippen molar-refractivity contribution in [1.29, 1.82) is 0 Å². The van der Waals surface area contributed by atoms with Gasteiger partial charge >= 0.3 is 20.8 Å². The molecule has 0 aliphatic rings. The molecule has 0 amide bonds. The maximum Gasteiger partial charge on any atom is 0.394 e. The number of hydrogen-bond donors (Lipinski definition) is 4. The van der Waals surface area contributed by atoms with Crippen LogP contribution in [-0.2, 0) is 25.5 Å². The quantitative estimate of drug-likeness (QED) is 0.495. The van der Waals surface area contributed by atoms with Crippen molar-refractivity contribution in [2.45, 2.75) is 13.8 Å². The zero-order chi connectivity index (χ0) is 13.1. The Hall–Kier alpha value is -0.300. The zero-order valence-corrected chi connectivity index (χ0v) is 9.69. The van der Waals surface area contributed by atoms with Gasteiger partial charge in [0, 0.05) is 13.2 Å². The van der Waals surface area contributed by atoms with E-state index in [1.54, 1.807) is 0 Å². The third-order valence-corrected chi connectivity index (χ3v) is 0.408. The second-order valence-electron chi connectivity index (χ2n) is 1.68. The van der Waals surface area contributed by atoms with Crippen LogP contribution in [0.3, 0.4) is 0 Å². The van der Waals surface area contributed by atoms with Crippen molar-refractivity contribution in [2.24, 2.45) is 0 Å². The number of hydrogen-bond acceptors (Lipinski definition) is 5. The average Bonchev–Trinajstić information content (AvgIpc) is 1.80. The smallest absolute Gasteiger partial charge is 0.382 e. The highest BCUT2D eigenvalue weighted by atomic mass is 32.3. The number of ether oxygens (including phenoxy) is 1. The minimum atomic E-state index is -4.67. The van der Waals surface area contributed by atoms with Crippen LogP contribution in [0.4, 0.5) is 0 Å². The monoisotopic (exact) mass is 270 g/mol. The molecule has 0 heterocycles. The van der Waals surface area contributed by atoms with Gasteiger partial charge in [0.1, 0.15) is 0 Å². The van der Waals surface area contributed by atoms with Gasteiger partial charge in [0.25, 0.3) is 0 Å². The Morgan fingerprint density at radius 3 is 0.933 bits per heavy atom. The van der Waals surface area contributed by atoms with Crippen LogP contribution in [0.15, 0.2) is 0 Å². The second-order valence-corrected chi connectivity index (χ2v) is 3.47. The molecule has 4 N–H and O–H groups in total. The van der Waals surface area contributed by atoms with Gasteiger partial charge in [-0.1, -0.05) is 0 Å². The molecule has 96 valence electrons. The van der Waals surface area contributed by atoms with E-state index in [9.17, 15) is 0 Å². The van der Waals surface area contributed by atoms with Crippen molar-refractivity contribution in [3.63, 3.8) is 0 Å². The molecule has 0 atom stereocenters. The molecule has 0 unspecified atom stereocenters. The summed E-state index contributed by atoms with van der Waals surface area (Å²) < 4.78 is 68.0. The van der Waals surface area contributed by atoms with Crippen molar-refractivity contribution in [3.8, 4) is 0 Å². The van der Waals surface area contributed by atoms with Gasteiger partial charge in [0.15, 0.2) is 0 Å². The van der Waals surface area contributed by atoms with Crippen LogP contribution in [0.25, 0.3) is 0 Å². The van der Waals surface area contributed by atoms with Gasteiger partial charge in [0.2, 0.25) is 0 Å². The molecule has 0 fully saturated rings. The van der Waals surface area contributed by atoms with Crippen molar-refractivity contribution >= 4 is 20.8 Å². The van der Waals surface area contributed by atoms with Gasteiger partial charge in [-0.2, -0.15) is 16.8 Å². The van der Waals surface area contributed by atoms with Gasteiger partial charge in [-0.15, -0.1) is 0 Å². The summed E-state index contributed by atoms with van der Waals surface area (Å²) in [6, 6.07) is 0. The summed E-state index contributed by atoms with van der Waals surface area (Å²) in [5.74, 6) is 0. The molecule has 0 aromatic heterocycles. The molecule has 9 nitrogen and oxygen atoms in total. The van der Waals surface area contributed by atoms with Crippen molar-refractivity contribution in [1.82, 2.24) is 0 Å². The summed E-state index contributed by atoms with van der Waals surface area (Å²) >= 11 is 0. The highest BCUT2D eigenvalue weighted by molar-refractivity contribution is 7.80. The van der Waals surface area contributed by atoms with E-state index in [0.717, 1.165) is 13.2 Å². The fourth-order valence-electron chi connectivity index (χ4n) is 0.204. The van der Waals surface area contributed by atoms with Gasteiger partial charge in [-0.3, -0.25) is 18.2 Å². The Morgan fingerprint density at radius 1 is 0.800 bits per heavy atom. The molecule has 0 spiro atoms. The lowest BCUT2D eigenvalue weighted by atomic mass is 10.8. The van der Waals surface area contributed by atoms with E-state index in [4.69, 9.17) is 39.8 Å². The summed E-state index contributed by atoms with van der Waals surface area (Å²) in [7, 11) is -9.33. The molecule has 0 aromatic rings. The molecule has 0 bridgehead atoms. The standard InChI is InChI=1S/C4H10O.2H2O4S/c1-3-5-4-2;2*1-5(2,3)4/h3-4H2,1-2H3;2*(H2,1,2,3,4). The Labute approximate surface area is 88.2 Å². The highest BCUT2D eigenvalue weighted by Crippen LogP contribution is 1.64. The molecule has 15 heavy (non-hydrogen) atoms. The van der Waals surface area contributed by atoms with E-state index < -0.39 is 20.8 Å². The molecule has 0 saturated carbocycles. The predicted molar refractivity (Wildman–Crippen MR) is 50.5 cm³/mol. The maximum absolute atomic E-state index is 8.74. The van der Waals surface area contributed by atoms with Crippen LogP contribution in [-0.4, -0.2) is 48.3 Å². The number of rotatable bonds is 2. The Kier molecular flexibility index (Phi) is 13.7. The fourth-order valence-corrected chi connectivity index (χ4v) is 0.204. The predicted octanol–water partition coefficient (Wildman–Crippen LogP) is -0.263. The van der Waals surface area contributed by atoms with E-state index >= 15 is 0 Å². The summed E-state index contributed by atoms with van der Waals surface area (Å²) in [6.07, 6.45) is 0. The molecule has 0 aliphatic carbocycles. The topological polar surface area (TPSA) is 158 Å². The summed E-state index contributed by atoms with van der Waals surface area (Å²) in [5.41, 5.74) is 0. The van der Waals surface area contributed by atoms with Gasteiger partial charge in [-0.05, 0) is 13.8 Å². The lowest BCUT2D eigenvalue weighted by Crippen LogP contribution is -1.89. The largest absolute Gasteiger partial charge is 0.394 e. The van der Waals surface area contributed by atoms with Crippen molar-refractivity contribution < 1.29 is 39.8 Å². The van der Waals surface area contributed by atoms with Crippen molar-refractivity contribution in [3.05, 3.63) is 0 Å². The summed E-state index contributed by atoms with van der Waals surface area (Å²) in [5, 5.41) is 0. The molecule has 0 aromatic carbocycles. The molecule has 0 aliphatic heterocycles. The zero-order valence-electron chi connectivity index (χ0n) is 8.06. The van der Waals surface area contributed by atoms with E-state index in [-0.39, 0.29) is 0 Å². The molecule has 0 rings (SSSR count). The van der Waals surface area contributed by atoms with Crippen LogP contribution < -0.4 is 0 Å². The van der Waals surface area contributed by atoms with Crippen LogP contribution >= 0.6 is 0 Å². The SMILES string of the molecule is CCOCC.O=S(=O)(O)O.O=S(=O)(O)O. The first-order valence-corrected chi connectivity index (χ1v) is 6.18. The van der Waals surface area contributed by atoms with Gasteiger partial charge in [0.05, 0.1) is 0 Å². The van der Waals surface area contributed by atoms with Gasteiger partial charge < -0.3 is 4.74 Å². The van der Waals surface area contributed by atoms with E-state index in [1.807, 2.05) is 13.8 Å². The Balaban J connectivity index is -0.000000144. The van der Waals surface area contributed by atoms with E-state index in [2.05, 4.69) is 0 Å². The third kappa shape index (κ3) is 649. The highest BCUT2D eigenvalue weighted by Gasteiger charge is 1.85. The molecule has 11 heteroatoms. The van der Waals surface area contributed by atoms with E-state index in [0.29, 0.717) is 0 Å². The first-order chi connectivity index (χ1) is 6.41. The lowest BCUT2D eigenvalue weighted by molar-refractivity contribution is 0.162. The first kappa shape index (κ1) is 20.2. The minimum Gasteiger partial charge on any atom is -0.382 e.